The van der Waals surface area contributed by atoms with E-state index in [-0.39, 0.29) is 0 Å². The molecule has 0 aliphatic rings. The van der Waals surface area contributed by atoms with Crippen LogP contribution < -0.4 is 5.32 Å². The summed E-state index contributed by atoms with van der Waals surface area (Å²) < 4.78 is 0. The van der Waals surface area contributed by atoms with Crippen LogP contribution in [0.15, 0.2) is 55.1 Å². The van der Waals surface area contributed by atoms with Gasteiger partial charge in [-0.1, -0.05) is 30.3 Å². The van der Waals surface area contributed by atoms with Gasteiger partial charge in [0.2, 0.25) is 0 Å². The summed E-state index contributed by atoms with van der Waals surface area (Å²) >= 11 is 0. The van der Waals surface area contributed by atoms with Gasteiger partial charge in [-0.3, -0.25) is 0 Å². The molecule has 0 radical (unpaired) electrons. The summed E-state index contributed by atoms with van der Waals surface area (Å²) in [5, 5.41) is 3.21. The number of hydrogen-bond acceptors (Lipinski definition) is 4. The maximum Gasteiger partial charge on any atom is 0.159 e. The zero-order valence-electron chi connectivity index (χ0n) is 10.2. The smallest absolute Gasteiger partial charge is 0.159 e. The monoisotopic (exact) mass is 251 g/mol. The van der Waals surface area contributed by atoms with E-state index in [4.69, 9.17) is 0 Å². The zero-order chi connectivity index (χ0) is 12.9. The van der Waals surface area contributed by atoms with Crippen molar-refractivity contribution < 1.29 is 0 Å². The first-order chi connectivity index (χ1) is 9.42. The lowest BCUT2D eigenvalue weighted by molar-refractivity contribution is 0.993. The number of nitrogens with zero attached hydrogens (tertiary/aromatic N) is 3. The quantitative estimate of drug-likeness (QED) is 0.747. The summed E-state index contributed by atoms with van der Waals surface area (Å²) in [6.07, 6.45) is 7.08. The van der Waals surface area contributed by atoms with Gasteiger partial charge in [0.15, 0.2) is 5.82 Å². The highest BCUT2D eigenvalue weighted by Gasteiger charge is 2.01. The standard InChI is InChI=1S/C14H13N5/c1-2-4-11(5-3-1)14-18-8-12(9-19-14)17-10-13-15-6-7-16-13/h1-9,17H,10H2,(H,15,16). The first kappa shape index (κ1) is 11.4. The van der Waals surface area contributed by atoms with Gasteiger partial charge < -0.3 is 10.3 Å². The maximum absolute atomic E-state index is 4.34. The zero-order valence-corrected chi connectivity index (χ0v) is 10.2. The van der Waals surface area contributed by atoms with Crippen molar-refractivity contribution in [3.63, 3.8) is 0 Å². The minimum Gasteiger partial charge on any atom is -0.375 e. The van der Waals surface area contributed by atoms with E-state index in [1.54, 1.807) is 24.8 Å². The van der Waals surface area contributed by atoms with Crippen molar-refractivity contribution in [1.82, 2.24) is 19.9 Å². The van der Waals surface area contributed by atoms with Gasteiger partial charge >= 0.3 is 0 Å². The molecule has 2 N–H and O–H groups in total. The van der Waals surface area contributed by atoms with Crippen LogP contribution in [0.5, 0.6) is 0 Å². The molecule has 3 rings (SSSR count). The summed E-state index contributed by atoms with van der Waals surface area (Å²) in [6.45, 7) is 0.626. The number of aromatic nitrogens is 4. The van der Waals surface area contributed by atoms with E-state index in [0.29, 0.717) is 6.54 Å². The predicted octanol–water partition coefficient (Wildman–Crippen LogP) is 2.48. The van der Waals surface area contributed by atoms with Gasteiger partial charge in [0.25, 0.3) is 0 Å². The molecule has 0 saturated carbocycles. The van der Waals surface area contributed by atoms with Crippen molar-refractivity contribution in [2.45, 2.75) is 6.54 Å². The van der Waals surface area contributed by atoms with E-state index in [1.165, 1.54) is 0 Å². The minimum atomic E-state index is 0.626. The first-order valence-electron chi connectivity index (χ1n) is 6.01. The van der Waals surface area contributed by atoms with Crippen molar-refractivity contribution in [2.24, 2.45) is 0 Å². The molecule has 0 spiro atoms. The van der Waals surface area contributed by atoms with Crippen LogP contribution in [0.2, 0.25) is 0 Å². The third-order valence-electron chi connectivity index (χ3n) is 2.70. The lowest BCUT2D eigenvalue weighted by Crippen LogP contribution is -2.02. The predicted molar refractivity (Wildman–Crippen MR) is 73.4 cm³/mol. The Morgan fingerprint density at radius 2 is 1.79 bits per heavy atom. The number of rotatable bonds is 4. The van der Waals surface area contributed by atoms with E-state index in [1.807, 2.05) is 30.3 Å². The van der Waals surface area contributed by atoms with Gasteiger partial charge in [0, 0.05) is 18.0 Å². The van der Waals surface area contributed by atoms with E-state index in [2.05, 4.69) is 25.3 Å². The van der Waals surface area contributed by atoms with E-state index in [0.717, 1.165) is 22.9 Å². The highest BCUT2D eigenvalue weighted by molar-refractivity contribution is 5.55. The second-order valence-electron chi connectivity index (χ2n) is 4.05. The van der Waals surface area contributed by atoms with Crippen molar-refractivity contribution in [1.29, 1.82) is 0 Å². The molecule has 0 unspecified atom stereocenters. The molecule has 0 saturated heterocycles. The Morgan fingerprint density at radius 1 is 1.00 bits per heavy atom. The Labute approximate surface area is 110 Å². The lowest BCUT2D eigenvalue weighted by Gasteiger charge is -2.04. The molecule has 0 aliphatic carbocycles. The lowest BCUT2D eigenvalue weighted by atomic mass is 10.2. The third-order valence-corrected chi connectivity index (χ3v) is 2.70. The molecule has 5 heteroatoms. The molecule has 3 aromatic rings. The van der Waals surface area contributed by atoms with Crippen LogP contribution in [0, 0.1) is 0 Å². The van der Waals surface area contributed by atoms with Crippen LogP contribution >= 0.6 is 0 Å². The molecular weight excluding hydrogens is 238 g/mol. The number of aromatic amines is 1. The van der Waals surface area contributed by atoms with Crippen LogP contribution in [0.3, 0.4) is 0 Å². The number of imidazole rings is 1. The number of H-pyrrole nitrogens is 1. The molecule has 2 heterocycles. The molecular formula is C14H13N5. The van der Waals surface area contributed by atoms with Crippen molar-refractivity contribution in [3.8, 4) is 11.4 Å². The van der Waals surface area contributed by atoms with Gasteiger partial charge in [-0.25, -0.2) is 15.0 Å². The minimum absolute atomic E-state index is 0.626. The summed E-state index contributed by atoms with van der Waals surface area (Å²) in [5.41, 5.74) is 1.89. The van der Waals surface area contributed by atoms with Crippen LogP contribution in [0.4, 0.5) is 5.69 Å². The Bertz CT molecular complexity index is 617. The first-order valence-corrected chi connectivity index (χ1v) is 6.01. The summed E-state index contributed by atoms with van der Waals surface area (Å²) in [7, 11) is 0. The second-order valence-corrected chi connectivity index (χ2v) is 4.05. The maximum atomic E-state index is 4.34. The van der Waals surface area contributed by atoms with E-state index < -0.39 is 0 Å². The Balaban J connectivity index is 1.69. The SMILES string of the molecule is c1ccc(-c2ncc(NCc3ncc[nH]3)cn2)cc1. The van der Waals surface area contributed by atoms with E-state index in [9.17, 15) is 0 Å². The van der Waals surface area contributed by atoms with Crippen molar-refractivity contribution in [3.05, 3.63) is 60.9 Å². The van der Waals surface area contributed by atoms with Gasteiger partial charge in [0.1, 0.15) is 5.82 Å². The largest absolute Gasteiger partial charge is 0.375 e. The van der Waals surface area contributed by atoms with Crippen LogP contribution in [0.1, 0.15) is 5.82 Å². The van der Waals surface area contributed by atoms with Gasteiger partial charge in [0.05, 0.1) is 24.6 Å². The van der Waals surface area contributed by atoms with Crippen molar-refractivity contribution in [2.75, 3.05) is 5.32 Å². The summed E-state index contributed by atoms with van der Waals surface area (Å²) in [4.78, 5) is 15.9. The molecule has 0 amide bonds. The molecule has 0 fully saturated rings. The highest BCUT2D eigenvalue weighted by Crippen LogP contribution is 2.14. The normalized spacial score (nSPS) is 10.3. The number of nitrogens with one attached hydrogen (secondary N) is 2. The number of benzene rings is 1. The van der Waals surface area contributed by atoms with Crippen LogP contribution in [-0.2, 0) is 6.54 Å². The fourth-order valence-corrected chi connectivity index (χ4v) is 1.74. The number of anilines is 1. The second kappa shape index (κ2) is 5.30. The molecule has 2 aromatic heterocycles. The van der Waals surface area contributed by atoms with Crippen molar-refractivity contribution >= 4 is 5.69 Å². The summed E-state index contributed by atoms with van der Waals surface area (Å²) in [5.74, 6) is 1.61. The molecule has 94 valence electrons. The average Bonchev–Trinajstić information content (AvgIpc) is 3.00. The van der Waals surface area contributed by atoms with Gasteiger partial charge in [-0.2, -0.15) is 0 Å². The molecule has 0 aliphatic heterocycles. The average molecular weight is 251 g/mol. The van der Waals surface area contributed by atoms with E-state index >= 15 is 0 Å². The summed E-state index contributed by atoms with van der Waals surface area (Å²) in [6, 6.07) is 9.91. The van der Waals surface area contributed by atoms with Gasteiger partial charge in [-0.15, -0.1) is 0 Å². The van der Waals surface area contributed by atoms with Gasteiger partial charge in [-0.05, 0) is 0 Å². The molecule has 5 nitrogen and oxygen atoms in total. The van der Waals surface area contributed by atoms with Crippen LogP contribution in [-0.4, -0.2) is 19.9 Å². The third kappa shape index (κ3) is 2.77. The topological polar surface area (TPSA) is 66.5 Å². The Kier molecular flexibility index (Phi) is 3.18. The molecule has 19 heavy (non-hydrogen) atoms. The molecule has 0 atom stereocenters. The Hall–Kier alpha value is -2.69. The fourth-order valence-electron chi connectivity index (χ4n) is 1.74. The highest BCUT2D eigenvalue weighted by atomic mass is 15.0. The number of hydrogen-bond donors (Lipinski definition) is 2. The molecule has 0 bridgehead atoms. The van der Waals surface area contributed by atoms with Crippen LogP contribution in [0.25, 0.3) is 11.4 Å². The Morgan fingerprint density at radius 3 is 2.47 bits per heavy atom. The molecule has 1 aromatic carbocycles. The fraction of sp³-hybridized carbons (Fsp3) is 0.0714.